The van der Waals surface area contributed by atoms with Crippen LogP contribution < -0.4 is 19.3 Å². The molecule has 4 fully saturated rings. The van der Waals surface area contributed by atoms with Crippen molar-refractivity contribution in [3.8, 4) is 11.5 Å². The number of aromatic nitrogens is 2. The molecule has 57 heavy (non-hydrogen) atoms. The maximum atomic E-state index is 12.1. The summed E-state index contributed by atoms with van der Waals surface area (Å²) in [6, 6.07) is 7.77. The molecule has 4 aromatic rings. The molecule has 0 unspecified atom stereocenters. The number of methoxy groups -OCH3 is 2. The van der Waals surface area contributed by atoms with Gasteiger partial charge in [0.1, 0.15) is 28.6 Å². The third-order valence-corrected chi connectivity index (χ3v) is 12.6. The van der Waals surface area contributed by atoms with Crippen molar-refractivity contribution in [3.63, 3.8) is 0 Å². The Kier molecular flexibility index (Phi) is 12.4. The molecule has 17 heteroatoms. The zero-order valence-electron chi connectivity index (χ0n) is 33.6. The monoisotopic (exact) mass is 824 g/mol. The largest absolute Gasteiger partial charge is 0.489 e. The molecule has 2 aromatic carbocycles. The van der Waals surface area contributed by atoms with Crippen LogP contribution in [0.4, 0.5) is 10.3 Å². The highest BCUT2D eigenvalue weighted by Crippen LogP contribution is 2.39. The minimum Gasteiger partial charge on any atom is -0.489 e. The van der Waals surface area contributed by atoms with Crippen molar-refractivity contribution >= 4 is 71.3 Å². The van der Waals surface area contributed by atoms with Crippen molar-refractivity contribution in [1.82, 2.24) is 19.8 Å². The molecule has 1 N–H and O–H groups in total. The average Bonchev–Trinajstić information content (AvgIpc) is 3.96. The van der Waals surface area contributed by atoms with Crippen molar-refractivity contribution < 1.29 is 43.2 Å². The summed E-state index contributed by atoms with van der Waals surface area (Å²) in [4.78, 5) is 54.4. The van der Waals surface area contributed by atoms with Crippen LogP contribution in [0.15, 0.2) is 24.3 Å². The fraction of sp³-hybridized carbons (Fsp3) is 0.575. The minimum absolute atomic E-state index is 0.0187. The molecule has 0 saturated carbocycles. The Morgan fingerprint density at radius 1 is 0.702 bits per heavy atom. The number of piperazine rings is 2. The smallest absolute Gasteiger partial charge is 0.338 e. The van der Waals surface area contributed by atoms with E-state index in [2.05, 4.69) is 19.6 Å². The number of aliphatic hydroxyl groups is 1. The van der Waals surface area contributed by atoms with E-state index in [0.717, 1.165) is 95.9 Å². The summed E-state index contributed by atoms with van der Waals surface area (Å²) in [5.41, 5.74) is 2.48. The molecule has 0 radical (unpaired) electrons. The van der Waals surface area contributed by atoms with E-state index in [1.54, 1.807) is 34.8 Å². The van der Waals surface area contributed by atoms with Gasteiger partial charge in [-0.25, -0.2) is 19.6 Å². The summed E-state index contributed by atoms with van der Waals surface area (Å²) >= 11 is 3.12. The van der Waals surface area contributed by atoms with E-state index >= 15 is 0 Å². The summed E-state index contributed by atoms with van der Waals surface area (Å²) in [5.74, 6) is 0.215. The number of ether oxygens (including phenoxy) is 5. The van der Waals surface area contributed by atoms with Gasteiger partial charge < -0.3 is 38.6 Å². The van der Waals surface area contributed by atoms with Crippen LogP contribution in [-0.4, -0.2) is 146 Å². The number of thiazole rings is 2. The van der Waals surface area contributed by atoms with Crippen LogP contribution in [0.1, 0.15) is 68.2 Å². The number of hydrogen-bond acceptors (Lipinski definition) is 17. The fourth-order valence-electron chi connectivity index (χ4n) is 8.08. The Morgan fingerprint density at radius 3 is 1.63 bits per heavy atom. The number of rotatable bonds is 9. The summed E-state index contributed by atoms with van der Waals surface area (Å²) < 4.78 is 28.9. The Hall–Kier alpha value is -4.29. The predicted octanol–water partition coefficient (Wildman–Crippen LogP) is 4.82. The van der Waals surface area contributed by atoms with Gasteiger partial charge in [-0.15, -0.1) is 0 Å². The minimum atomic E-state index is -0.392. The van der Waals surface area contributed by atoms with Gasteiger partial charge >= 0.3 is 17.9 Å². The lowest BCUT2D eigenvalue weighted by atomic mass is 10.1. The van der Waals surface area contributed by atoms with Crippen molar-refractivity contribution in [3.05, 3.63) is 35.4 Å². The lowest BCUT2D eigenvalue weighted by molar-refractivity contribution is -0.145. The lowest BCUT2D eigenvalue weighted by Gasteiger charge is -2.37. The number of fused-ring (bicyclic) bond motifs is 4. The average molecular weight is 825 g/mol. The van der Waals surface area contributed by atoms with Crippen molar-refractivity contribution in [1.29, 1.82) is 0 Å². The Labute approximate surface area is 340 Å². The lowest BCUT2D eigenvalue weighted by Crippen LogP contribution is -2.50. The normalized spacial score (nSPS) is 22.4. The summed E-state index contributed by atoms with van der Waals surface area (Å²) in [6.07, 6.45) is 1.35. The Morgan fingerprint density at radius 2 is 1.18 bits per heavy atom. The molecule has 0 aliphatic carbocycles. The van der Waals surface area contributed by atoms with E-state index in [1.807, 2.05) is 39.8 Å². The number of nitrogens with zero attached hydrogens (tertiary/aromatic N) is 6. The maximum absolute atomic E-state index is 12.1. The van der Waals surface area contributed by atoms with Gasteiger partial charge in [0.05, 0.1) is 53.1 Å². The number of carbonyl (C=O) groups is 3. The van der Waals surface area contributed by atoms with Crippen LogP contribution in [0.25, 0.3) is 20.4 Å². The first-order valence-corrected chi connectivity index (χ1v) is 21.1. The number of anilines is 2. The molecule has 308 valence electrons. The number of carbonyl (C=O) groups excluding carboxylic acids is 3. The molecule has 4 saturated heterocycles. The first kappa shape index (κ1) is 40.9. The molecule has 4 aliphatic heterocycles. The van der Waals surface area contributed by atoms with E-state index in [-0.39, 0.29) is 36.4 Å². The first-order chi connectivity index (χ1) is 27.3. The Balaban J connectivity index is 0.000000175. The summed E-state index contributed by atoms with van der Waals surface area (Å²) in [6.45, 7) is 16.1. The van der Waals surface area contributed by atoms with Gasteiger partial charge in [-0.05, 0) is 58.4 Å². The molecule has 4 atom stereocenters. The molecule has 2 aromatic heterocycles. The van der Waals surface area contributed by atoms with Gasteiger partial charge in [-0.3, -0.25) is 14.6 Å². The topological polar surface area (TPSA) is 156 Å². The van der Waals surface area contributed by atoms with E-state index in [1.165, 1.54) is 21.1 Å². The molecular formula is C40H52N6O9S2. The number of esters is 3. The van der Waals surface area contributed by atoms with Gasteiger partial charge in [0, 0.05) is 77.8 Å². The van der Waals surface area contributed by atoms with Gasteiger partial charge in [0.15, 0.2) is 10.3 Å². The van der Waals surface area contributed by atoms with Crippen LogP contribution >= 0.6 is 22.7 Å². The number of aliphatic hydroxyl groups excluding tert-OH is 1. The van der Waals surface area contributed by atoms with E-state index in [9.17, 15) is 19.5 Å². The van der Waals surface area contributed by atoms with E-state index in [0.29, 0.717) is 34.7 Å². The van der Waals surface area contributed by atoms with Gasteiger partial charge in [0.2, 0.25) is 0 Å². The highest BCUT2D eigenvalue weighted by atomic mass is 32.1. The molecule has 6 heterocycles. The second-order valence-electron chi connectivity index (χ2n) is 15.5. The second-order valence-corrected chi connectivity index (χ2v) is 17.5. The molecule has 4 aliphatic rings. The highest BCUT2D eigenvalue weighted by Gasteiger charge is 2.39. The van der Waals surface area contributed by atoms with Crippen LogP contribution in [0.2, 0.25) is 0 Å². The maximum Gasteiger partial charge on any atom is 0.338 e. The first-order valence-electron chi connectivity index (χ1n) is 19.5. The van der Waals surface area contributed by atoms with Gasteiger partial charge in [-0.1, -0.05) is 22.7 Å². The van der Waals surface area contributed by atoms with Crippen LogP contribution in [0.5, 0.6) is 11.5 Å². The van der Waals surface area contributed by atoms with E-state index < -0.39 is 5.97 Å². The molecular weight excluding hydrogens is 773 g/mol. The number of benzene rings is 2. The molecule has 0 bridgehead atoms. The second kappa shape index (κ2) is 17.3. The summed E-state index contributed by atoms with van der Waals surface area (Å²) in [5, 5.41) is 11.8. The van der Waals surface area contributed by atoms with Crippen LogP contribution in [-0.2, 0) is 19.0 Å². The van der Waals surface area contributed by atoms with Crippen molar-refractivity contribution in [2.75, 3.05) is 76.4 Å². The zero-order valence-corrected chi connectivity index (χ0v) is 35.2. The fourth-order valence-corrected chi connectivity index (χ4v) is 10.2. The van der Waals surface area contributed by atoms with Crippen LogP contribution in [0.3, 0.4) is 0 Å². The molecule has 15 nitrogen and oxygen atoms in total. The van der Waals surface area contributed by atoms with Gasteiger partial charge in [0.25, 0.3) is 0 Å². The standard InChI is InChI=1S/C21H27N3O5S.C19H25N3O4S/c1-12(2)28-17-7-14(20(26)27-4)8-18-19(17)22-21(30-18)24-6-5-23-11-16(29-13(3)25)9-15(23)10-24;1-11(2)26-15-6-12(18(24)25-3)7-16-17(15)20-19(27-16)22-5-4-21-10-14(23)8-13(21)9-22/h7-8,12,15-16H,5-6,9-11H2,1-4H3;6-7,11,13-14,23H,4-5,8-10H2,1-3H3/t15-,16-;13-,14-/m10/s1. The quantitative estimate of drug-likeness (QED) is 0.181. The Bertz CT molecular complexity index is 2110. The highest BCUT2D eigenvalue weighted by molar-refractivity contribution is 7.22. The predicted molar refractivity (Wildman–Crippen MR) is 219 cm³/mol. The molecule has 8 rings (SSSR count). The zero-order chi connectivity index (χ0) is 40.5. The number of hydrogen-bond donors (Lipinski definition) is 1. The SMILES string of the molecule is COC(=O)c1cc(OC(C)C)c2nc(N3CCN4C[C@@H](O)C[C@H]4C3)sc2c1.COC(=O)c1cc(OC(C)C)c2nc(N3CCN4C[C@H](OC(C)=O)C[C@@H]4C3)sc2c1. The summed E-state index contributed by atoms with van der Waals surface area (Å²) in [7, 11) is 2.75. The van der Waals surface area contributed by atoms with Crippen molar-refractivity contribution in [2.24, 2.45) is 0 Å². The molecule has 0 amide bonds. The van der Waals surface area contributed by atoms with Crippen LogP contribution in [0, 0.1) is 0 Å². The third kappa shape index (κ3) is 9.22. The molecule has 0 spiro atoms. The van der Waals surface area contributed by atoms with Gasteiger partial charge in [-0.2, -0.15) is 0 Å². The van der Waals surface area contributed by atoms with E-state index in [4.69, 9.17) is 33.7 Å². The van der Waals surface area contributed by atoms with Crippen molar-refractivity contribution in [2.45, 2.75) is 84.0 Å². The third-order valence-electron chi connectivity index (χ3n) is 10.5.